The van der Waals surface area contributed by atoms with E-state index in [0.29, 0.717) is 11.6 Å². The van der Waals surface area contributed by atoms with Gasteiger partial charge in [0.05, 0.1) is 6.42 Å². The van der Waals surface area contributed by atoms with Gasteiger partial charge in [0.25, 0.3) is 0 Å². The van der Waals surface area contributed by atoms with Crippen molar-refractivity contribution >= 4 is 29.3 Å². The van der Waals surface area contributed by atoms with E-state index in [1.165, 1.54) is 0 Å². The number of rotatable bonds is 7. The molecule has 0 heterocycles. The fourth-order valence-electron chi connectivity index (χ4n) is 2.15. The topological polar surface area (TPSA) is 87.3 Å². The molecule has 0 radical (unpaired) electrons. The maximum Gasteiger partial charge on any atom is 0.242 e. The Labute approximate surface area is 156 Å². The number of hydrogen-bond acceptors (Lipinski definition) is 3. The van der Waals surface area contributed by atoms with Crippen LogP contribution in [0.4, 0.5) is 0 Å². The highest BCUT2D eigenvalue weighted by molar-refractivity contribution is 6.30. The Kier molecular flexibility index (Phi) is 7.64. The summed E-state index contributed by atoms with van der Waals surface area (Å²) in [6.07, 6.45) is 0.155. The van der Waals surface area contributed by atoms with Gasteiger partial charge >= 0.3 is 0 Å². The molecule has 0 unspecified atom stereocenters. The number of benzene rings is 2. The molecule has 0 atom stereocenters. The molecule has 0 bridgehead atoms. The third kappa shape index (κ3) is 7.36. The van der Waals surface area contributed by atoms with Gasteiger partial charge in [-0.05, 0) is 23.3 Å². The first-order valence-corrected chi connectivity index (χ1v) is 8.53. The summed E-state index contributed by atoms with van der Waals surface area (Å²) >= 11 is 5.78. The van der Waals surface area contributed by atoms with E-state index in [0.717, 1.165) is 11.1 Å². The summed E-state index contributed by atoms with van der Waals surface area (Å²) in [5, 5.41) is 3.33. The SMILES string of the molecule is O=C(CCC(=O)NNC(=O)Cc1ccc(Cl)cc1)NCc1ccccc1. The first-order valence-electron chi connectivity index (χ1n) is 8.15. The van der Waals surface area contributed by atoms with E-state index >= 15 is 0 Å². The van der Waals surface area contributed by atoms with Crippen LogP contribution < -0.4 is 16.2 Å². The molecule has 0 fully saturated rings. The summed E-state index contributed by atoms with van der Waals surface area (Å²) in [5.74, 6) is -1.00. The van der Waals surface area contributed by atoms with Gasteiger partial charge < -0.3 is 5.32 Å². The smallest absolute Gasteiger partial charge is 0.242 e. The highest BCUT2D eigenvalue weighted by Gasteiger charge is 2.09. The molecule has 7 heteroatoms. The van der Waals surface area contributed by atoms with Gasteiger partial charge in [0, 0.05) is 24.4 Å². The zero-order chi connectivity index (χ0) is 18.8. The van der Waals surface area contributed by atoms with Gasteiger partial charge in [-0.2, -0.15) is 0 Å². The normalized spacial score (nSPS) is 10.0. The van der Waals surface area contributed by atoms with Crippen LogP contribution in [0.25, 0.3) is 0 Å². The van der Waals surface area contributed by atoms with Gasteiger partial charge in [0.15, 0.2) is 0 Å². The second-order valence-electron chi connectivity index (χ2n) is 5.66. The largest absolute Gasteiger partial charge is 0.352 e. The van der Waals surface area contributed by atoms with E-state index in [4.69, 9.17) is 11.6 Å². The summed E-state index contributed by atoms with van der Waals surface area (Å²) in [4.78, 5) is 35.2. The lowest BCUT2D eigenvalue weighted by molar-refractivity contribution is -0.130. The number of hydrazine groups is 1. The maximum absolute atomic E-state index is 11.8. The first kappa shape index (κ1) is 19.5. The molecule has 0 spiro atoms. The Morgan fingerprint density at radius 3 is 2.04 bits per heavy atom. The van der Waals surface area contributed by atoms with Crippen molar-refractivity contribution in [3.05, 3.63) is 70.7 Å². The number of amides is 3. The van der Waals surface area contributed by atoms with Crippen LogP contribution in [-0.4, -0.2) is 17.7 Å². The second-order valence-corrected chi connectivity index (χ2v) is 6.10. The van der Waals surface area contributed by atoms with Gasteiger partial charge in [0.1, 0.15) is 0 Å². The Morgan fingerprint density at radius 2 is 1.35 bits per heavy atom. The molecular weight excluding hydrogens is 354 g/mol. The third-order valence-corrected chi connectivity index (χ3v) is 3.78. The summed E-state index contributed by atoms with van der Waals surface area (Å²) < 4.78 is 0. The van der Waals surface area contributed by atoms with E-state index in [1.54, 1.807) is 24.3 Å². The number of carbonyl (C=O) groups is 3. The van der Waals surface area contributed by atoms with Crippen molar-refractivity contribution < 1.29 is 14.4 Å². The molecule has 136 valence electrons. The van der Waals surface area contributed by atoms with Crippen LogP contribution in [-0.2, 0) is 27.3 Å². The lowest BCUT2D eigenvalue weighted by Gasteiger charge is -2.08. The van der Waals surface area contributed by atoms with Crippen LogP contribution in [0.5, 0.6) is 0 Å². The molecule has 0 saturated carbocycles. The minimum absolute atomic E-state index is 0.0121. The Balaban J connectivity index is 1.61. The van der Waals surface area contributed by atoms with Crippen LogP contribution >= 0.6 is 11.6 Å². The highest BCUT2D eigenvalue weighted by Crippen LogP contribution is 2.09. The van der Waals surface area contributed by atoms with Gasteiger partial charge in [-0.3, -0.25) is 25.2 Å². The number of hydrogen-bond donors (Lipinski definition) is 3. The zero-order valence-electron chi connectivity index (χ0n) is 14.1. The fourth-order valence-corrected chi connectivity index (χ4v) is 2.27. The molecule has 2 aromatic rings. The summed E-state index contributed by atoms with van der Waals surface area (Å²) in [6, 6.07) is 16.3. The van der Waals surface area contributed by atoms with Crippen molar-refractivity contribution in [1.82, 2.24) is 16.2 Å². The van der Waals surface area contributed by atoms with Crippen molar-refractivity contribution in [1.29, 1.82) is 0 Å². The molecule has 3 N–H and O–H groups in total. The first-order chi connectivity index (χ1) is 12.5. The average molecular weight is 374 g/mol. The van der Waals surface area contributed by atoms with Crippen LogP contribution in [0, 0.1) is 0 Å². The molecule has 2 aromatic carbocycles. The van der Waals surface area contributed by atoms with E-state index in [1.807, 2.05) is 30.3 Å². The van der Waals surface area contributed by atoms with Crippen molar-refractivity contribution in [2.24, 2.45) is 0 Å². The van der Waals surface area contributed by atoms with E-state index < -0.39 is 5.91 Å². The molecule has 3 amide bonds. The van der Waals surface area contributed by atoms with Gasteiger partial charge in [-0.15, -0.1) is 0 Å². The van der Waals surface area contributed by atoms with Gasteiger partial charge in [0.2, 0.25) is 17.7 Å². The summed E-state index contributed by atoms with van der Waals surface area (Å²) in [5.41, 5.74) is 6.39. The predicted molar refractivity (Wildman–Crippen MR) is 99.0 cm³/mol. The van der Waals surface area contributed by atoms with Crippen LogP contribution in [0.15, 0.2) is 54.6 Å². The number of carbonyl (C=O) groups excluding carboxylic acids is 3. The molecular formula is C19H20ClN3O3. The number of halogens is 1. The summed E-state index contributed by atoms with van der Waals surface area (Å²) in [6.45, 7) is 0.416. The Bertz CT molecular complexity index is 748. The Morgan fingerprint density at radius 1 is 0.731 bits per heavy atom. The molecule has 0 aliphatic heterocycles. The highest BCUT2D eigenvalue weighted by atomic mass is 35.5. The summed E-state index contributed by atoms with van der Waals surface area (Å²) in [7, 11) is 0. The lowest BCUT2D eigenvalue weighted by Crippen LogP contribution is -2.42. The van der Waals surface area contributed by atoms with Crippen LogP contribution in [0.3, 0.4) is 0 Å². The predicted octanol–water partition coefficient (Wildman–Crippen LogP) is 2.13. The van der Waals surface area contributed by atoms with E-state index in [9.17, 15) is 14.4 Å². The van der Waals surface area contributed by atoms with Gasteiger partial charge in [-0.25, -0.2) is 0 Å². The quantitative estimate of drug-likeness (QED) is 0.650. The van der Waals surface area contributed by atoms with Crippen molar-refractivity contribution in [2.45, 2.75) is 25.8 Å². The minimum Gasteiger partial charge on any atom is -0.352 e. The average Bonchev–Trinajstić information content (AvgIpc) is 2.65. The molecule has 0 saturated heterocycles. The fraction of sp³-hybridized carbons (Fsp3) is 0.211. The molecule has 0 aliphatic carbocycles. The maximum atomic E-state index is 11.8. The lowest BCUT2D eigenvalue weighted by atomic mass is 10.1. The zero-order valence-corrected chi connectivity index (χ0v) is 14.9. The third-order valence-electron chi connectivity index (χ3n) is 3.53. The van der Waals surface area contributed by atoms with Gasteiger partial charge in [-0.1, -0.05) is 54.1 Å². The molecule has 2 rings (SSSR count). The monoisotopic (exact) mass is 373 g/mol. The van der Waals surface area contributed by atoms with Crippen molar-refractivity contribution in [3.63, 3.8) is 0 Å². The molecule has 6 nitrogen and oxygen atoms in total. The molecule has 0 aromatic heterocycles. The van der Waals surface area contributed by atoms with Crippen LogP contribution in [0.1, 0.15) is 24.0 Å². The van der Waals surface area contributed by atoms with E-state index in [2.05, 4.69) is 16.2 Å². The standard InChI is InChI=1S/C19H20ClN3O3/c20-16-8-6-14(7-9-16)12-19(26)23-22-18(25)11-10-17(24)21-13-15-4-2-1-3-5-15/h1-9H,10-13H2,(H,21,24)(H,22,25)(H,23,26). The minimum atomic E-state index is -0.427. The van der Waals surface area contributed by atoms with E-state index in [-0.39, 0.29) is 31.1 Å². The molecule has 0 aliphatic rings. The second kappa shape index (κ2) is 10.2. The Hall–Kier alpha value is -2.86. The van der Waals surface area contributed by atoms with Crippen molar-refractivity contribution in [3.8, 4) is 0 Å². The molecule has 26 heavy (non-hydrogen) atoms. The number of nitrogens with one attached hydrogen (secondary N) is 3. The van der Waals surface area contributed by atoms with Crippen LogP contribution in [0.2, 0.25) is 5.02 Å². The van der Waals surface area contributed by atoms with Crippen molar-refractivity contribution in [2.75, 3.05) is 0 Å².